The van der Waals surface area contributed by atoms with E-state index in [9.17, 15) is 9.59 Å². The number of carbonyl (C=O) groups is 2. The van der Waals surface area contributed by atoms with Crippen LogP contribution < -0.4 is 5.32 Å². The van der Waals surface area contributed by atoms with Crippen molar-refractivity contribution in [2.75, 3.05) is 5.32 Å². The van der Waals surface area contributed by atoms with Crippen LogP contribution in [0.25, 0.3) is 0 Å². The van der Waals surface area contributed by atoms with E-state index in [1.54, 1.807) is 35.9 Å². The molecule has 0 radical (unpaired) electrons. The monoisotopic (exact) mass is 411 g/mol. The van der Waals surface area contributed by atoms with Crippen molar-refractivity contribution in [3.63, 3.8) is 0 Å². The number of hydrogen-bond acceptors (Lipinski definition) is 6. The average molecular weight is 412 g/mol. The number of fused-ring (bicyclic) bond motifs is 4. The predicted octanol–water partition coefficient (Wildman–Crippen LogP) is 4.04. The van der Waals surface area contributed by atoms with Gasteiger partial charge in [-0.25, -0.2) is 4.98 Å². The molecule has 0 bridgehead atoms. The number of thiazole rings is 1. The molecule has 2 aliphatic carbocycles. The topological polar surface area (TPSA) is 81.2 Å². The largest absolute Gasteiger partial charge is 0.461 e. The number of anilines is 1. The molecule has 5 rings (SSSR count). The van der Waals surface area contributed by atoms with Crippen LogP contribution in [0, 0.1) is 23.2 Å². The molecular weight excluding hydrogens is 386 g/mol. The molecule has 2 fully saturated rings. The van der Waals surface area contributed by atoms with Gasteiger partial charge < -0.3 is 4.74 Å². The zero-order valence-corrected chi connectivity index (χ0v) is 17.7. The Morgan fingerprint density at radius 3 is 2.79 bits per heavy atom. The summed E-state index contributed by atoms with van der Waals surface area (Å²) in [5, 5.41) is 3.58. The molecule has 0 unspecified atom stereocenters. The van der Waals surface area contributed by atoms with Gasteiger partial charge in [0, 0.05) is 40.6 Å². The van der Waals surface area contributed by atoms with Crippen molar-refractivity contribution in [1.29, 1.82) is 0 Å². The van der Waals surface area contributed by atoms with Gasteiger partial charge in [-0.1, -0.05) is 20.8 Å². The lowest BCUT2D eigenvalue weighted by atomic mass is 9.54. The van der Waals surface area contributed by atoms with Crippen LogP contribution in [0.1, 0.15) is 60.5 Å². The van der Waals surface area contributed by atoms with E-state index in [2.05, 4.69) is 24.1 Å². The summed E-state index contributed by atoms with van der Waals surface area (Å²) in [5.41, 5.74) is 1.71. The Morgan fingerprint density at radius 2 is 2.03 bits per heavy atom. The minimum Gasteiger partial charge on any atom is -0.461 e. The Hall–Kier alpha value is -2.28. The predicted molar refractivity (Wildman–Crippen MR) is 110 cm³/mol. The van der Waals surface area contributed by atoms with Crippen LogP contribution in [0.5, 0.6) is 0 Å². The second-order valence-corrected chi connectivity index (χ2v) is 10.1. The molecule has 0 aromatic carbocycles. The number of nitrogens with zero attached hydrogens (tertiary/aromatic N) is 2. The van der Waals surface area contributed by atoms with Gasteiger partial charge in [0.05, 0.1) is 11.6 Å². The van der Waals surface area contributed by atoms with Gasteiger partial charge in [0.15, 0.2) is 5.13 Å². The zero-order valence-electron chi connectivity index (χ0n) is 16.8. The Labute approximate surface area is 174 Å². The van der Waals surface area contributed by atoms with E-state index in [-0.39, 0.29) is 41.1 Å². The molecule has 2 aromatic heterocycles. The van der Waals surface area contributed by atoms with Gasteiger partial charge in [-0.05, 0) is 36.8 Å². The molecule has 29 heavy (non-hydrogen) atoms. The SMILES string of the molecule is C[C@@H]1C(=O)O[C@H]2[C@H]1CC[C@@]1(C)Cc3sc(NC(=O)c4ccncc4)nc3[C@@H](C)[C@H]21. The van der Waals surface area contributed by atoms with Gasteiger partial charge in [0.25, 0.3) is 5.91 Å². The summed E-state index contributed by atoms with van der Waals surface area (Å²) in [6.45, 7) is 6.54. The molecule has 1 aliphatic heterocycles. The number of nitrogens with one attached hydrogen (secondary N) is 1. The lowest BCUT2D eigenvalue weighted by Crippen LogP contribution is -2.50. The highest BCUT2D eigenvalue weighted by atomic mass is 32.1. The van der Waals surface area contributed by atoms with Crippen LogP contribution in [-0.4, -0.2) is 27.9 Å². The first kappa shape index (κ1) is 18.7. The summed E-state index contributed by atoms with van der Waals surface area (Å²) in [5.74, 6) is 0.545. The molecule has 3 heterocycles. The minimum atomic E-state index is -0.173. The Morgan fingerprint density at radius 1 is 1.28 bits per heavy atom. The molecule has 2 aromatic rings. The average Bonchev–Trinajstić information content (AvgIpc) is 3.22. The Kier molecular flexibility index (Phi) is 4.28. The quantitative estimate of drug-likeness (QED) is 0.754. The summed E-state index contributed by atoms with van der Waals surface area (Å²) in [6, 6.07) is 3.38. The molecule has 6 nitrogen and oxygen atoms in total. The standard InChI is InChI=1S/C22H25N3O3S/c1-11-14-4-7-22(3)10-15-17(12(2)16(22)18(14)28-20(11)27)24-21(29-15)25-19(26)13-5-8-23-9-6-13/h5-6,8-9,11-12,14,16,18H,4,7,10H2,1-3H3,(H,24,25,26)/t11-,12-,14-,16+,18-,22-/m0/s1. The Bertz CT molecular complexity index is 975. The van der Waals surface area contributed by atoms with Crippen LogP contribution in [0.4, 0.5) is 5.13 Å². The third-order valence-electron chi connectivity index (χ3n) is 7.32. The maximum Gasteiger partial charge on any atom is 0.309 e. The van der Waals surface area contributed by atoms with Crippen molar-refractivity contribution < 1.29 is 14.3 Å². The lowest BCUT2D eigenvalue weighted by Gasteiger charge is -2.51. The first-order valence-electron chi connectivity index (χ1n) is 10.3. The summed E-state index contributed by atoms with van der Waals surface area (Å²) < 4.78 is 5.89. The molecule has 7 heteroatoms. The number of carbonyl (C=O) groups excluding carboxylic acids is 2. The number of esters is 1. The van der Waals surface area contributed by atoms with Crippen LogP contribution in [0.2, 0.25) is 0 Å². The maximum absolute atomic E-state index is 12.5. The van der Waals surface area contributed by atoms with Gasteiger partial charge in [0.1, 0.15) is 6.10 Å². The van der Waals surface area contributed by atoms with Crippen molar-refractivity contribution >= 4 is 28.3 Å². The van der Waals surface area contributed by atoms with Gasteiger partial charge in [-0.15, -0.1) is 11.3 Å². The molecule has 6 atom stereocenters. The van der Waals surface area contributed by atoms with Crippen molar-refractivity contribution in [2.45, 2.75) is 52.1 Å². The normalized spacial score (nSPS) is 35.3. The van der Waals surface area contributed by atoms with Crippen molar-refractivity contribution in [3.05, 3.63) is 40.7 Å². The van der Waals surface area contributed by atoms with E-state index in [4.69, 9.17) is 9.72 Å². The van der Waals surface area contributed by atoms with Crippen molar-refractivity contribution in [1.82, 2.24) is 9.97 Å². The van der Waals surface area contributed by atoms with E-state index < -0.39 is 0 Å². The van der Waals surface area contributed by atoms with Gasteiger partial charge in [-0.3, -0.25) is 19.9 Å². The van der Waals surface area contributed by atoms with E-state index in [1.807, 2.05) is 6.92 Å². The second-order valence-electron chi connectivity index (χ2n) is 9.06. The van der Waals surface area contributed by atoms with E-state index in [0.717, 1.165) is 25.0 Å². The second kappa shape index (κ2) is 6.62. The number of aromatic nitrogens is 2. The first-order valence-corrected chi connectivity index (χ1v) is 11.1. The molecule has 1 saturated heterocycles. The van der Waals surface area contributed by atoms with Gasteiger partial charge >= 0.3 is 5.97 Å². The van der Waals surface area contributed by atoms with E-state index in [1.165, 1.54) is 4.88 Å². The van der Waals surface area contributed by atoms with E-state index in [0.29, 0.717) is 16.6 Å². The van der Waals surface area contributed by atoms with E-state index >= 15 is 0 Å². The highest BCUT2D eigenvalue weighted by Crippen LogP contribution is 2.59. The number of hydrogen-bond donors (Lipinski definition) is 1. The molecule has 1 amide bonds. The summed E-state index contributed by atoms with van der Waals surface area (Å²) in [7, 11) is 0. The van der Waals surface area contributed by atoms with Crippen LogP contribution in [-0.2, 0) is 16.0 Å². The number of ether oxygens (including phenoxy) is 1. The molecular formula is C22H25N3O3S. The van der Waals surface area contributed by atoms with Gasteiger partial charge in [0.2, 0.25) is 0 Å². The van der Waals surface area contributed by atoms with Crippen LogP contribution in [0.15, 0.2) is 24.5 Å². The summed E-state index contributed by atoms with van der Waals surface area (Å²) in [6.07, 6.45) is 6.26. The van der Waals surface area contributed by atoms with Crippen LogP contribution >= 0.6 is 11.3 Å². The fourth-order valence-corrected chi connectivity index (χ4v) is 7.06. The molecule has 152 valence electrons. The summed E-state index contributed by atoms with van der Waals surface area (Å²) >= 11 is 1.58. The third kappa shape index (κ3) is 2.89. The molecule has 0 spiro atoms. The summed E-state index contributed by atoms with van der Waals surface area (Å²) in [4.78, 5) is 34.8. The molecule has 1 N–H and O–H groups in total. The maximum atomic E-state index is 12.5. The Balaban J connectivity index is 1.44. The number of amides is 1. The lowest BCUT2D eigenvalue weighted by molar-refractivity contribution is -0.149. The first-order chi connectivity index (χ1) is 13.9. The number of pyridine rings is 1. The smallest absolute Gasteiger partial charge is 0.309 e. The molecule has 3 aliphatic rings. The number of rotatable bonds is 2. The highest BCUT2D eigenvalue weighted by molar-refractivity contribution is 7.15. The highest BCUT2D eigenvalue weighted by Gasteiger charge is 2.58. The molecule has 1 saturated carbocycles. The third-order valence-corrected chi connectivity index (χ3v) is 8.31. The fourth-order valence-electron chi connectivity index (χ4n) is 5.80. The fraction of sp³-hybridized carbons (Fsp3) is 0.545. The van der Waals surface area contributed by atoms with Crippen molar-refractivity contribution in [2.24, 2.45) is 23.2 Å². The minimum absolute atomic E-state index is 0.0104. The zero-order chi connectivity index (χ0) is 20.3. The van der Waals surface area contributed by atoms with Crippen molar-refractivity contribution in [3.8, 4) is 0 Å². The van der Waals surface area contributed by atoms with Crippen LogP contribution in [0.3, 0.4) is 0 Å². The van der Waals surface area contributed by atoms with Gasteiger partial charge in [-0.2, -0.15) is 0 Å².